The minimum atomic E-state index is 0. The Morgan fingerprint density at radius 3 is 0.833 bits per heavy atom. The molecule has 0 atom stereocenters. The predicted octanol–water partition coefficient (Wildman–Crippen LogP) is 2.77. The van der Waals surface area contributed by atoms with Crippen molar-refractivity contribution in [1.29, 1.82) is 0 Å². The van der Waals surface area contributed by atoms with Gasteiger partial charge in [0.25, 0.3) is 0 Å². The zero-order valence-corrected chi connectivity index (χ0v) is 29.0. The molecule has 0 aliphatic carbocycles. The fraction of sp³-hybridized carbons (Fsp3) is 0. The second kappa shape index (κ2) is 16.4. The molecule has 0 saturated heterocycles. The van der Waals surface area contributed by atoms with Crippen LogP contribution in [0, 0.1) is 0 Å². The maximum absolute atomic E-state index is 2.24. The van der Waals surface area contributed by atoms with Crippen molar-refractivity contribution in [3.05, 3.63) is 170 Å². The van der Waals surface area contributed by atoms with E-state index < -0.39 is 0 Å². The Hall–Kier alpha value is -3.27. The summed E-state index contributed by atoms with van der Waals surface area (Å²) in [5.41, 5.74) is 0. The van der Waals surface area contributed by atoms with Crippen LogP contribution >= 0.6 is 0 Å². The molecule has 0 nitrogen and oxygen atoms in total. The third-order valence-corrected chi connectivity index (χ3v) is 8.13. The van der Waals surface area contributed by atoms with Gasteiger partial charge in [-0.1, -0.05) is 144 Å². The first-order valence-corrected chi connectivity index (χ1v) is 14.3. The monoisotopic (exact) mass is 762 g/mol. The van der Waals surface area contributed by atoms with Crippen molar-refractivity contribution in [2.24, 2.45) is 0 Å². The summed E-state index contributed by atoms with van der Waals surface area (Å²) in [5.74, 6) is 0. The van der Waals surface area contributed by atoms with Crippen molar-refractivity contribution < 1.29 is 50.7 Å². The van der Waals surface area contributed by atoms with Crippen LogP contribution in [0.2, 0.25) is 0 Å². The maximum atomic E-state index is 2.24. The van der Waals surface area contributed by atoms with E-state index in [1.54, 1.807) is 0 Å². The Kier molecular flexibility index (Phi) is 13.0. The van der Waals surface area contributed by atoms with Crippen molar-refractivity contribution in [3.8, 4) is 0 Å². The second-order valence-electron chi connectivity index (χ2n) is 9.49. The van der Waals surface area contributed by atoms with Gasteiger partial charge in [0.2, 0.25) is 0 Å². The molecule has 42 heavy (non-hydrogen) atoms. The number of halogens is 2. The molecule has 0 aromatic heterocycles. The van der Waals surface area contributed by atoms with Crippen LogP contribution in [0.5, 0.6) is 0 Å². The van der Waals surface area contributed by atoms with E-state index in [-0.39, 0.29) is 50.7 Å². The van der Waals surface area contributed by atoms with Crippen molar-refractivity contribution in [2.45, 2.75) is 0 Å². The van der Waals surface area contributed by atoms with Gasteiger partial charge in [-0.25, -0.2) is 0 Å². The molecule has 0 saturated carbocycles. The summed E-state index contributed by atoms with van der Waals surface area (Å²) in [6.07, 6.45) is 0. The normalized spacial score (nSPS) is 9.90. The van der Waals surface area contributed by atoms with Crippen LogP contribution in [0.1, 0.15) is 0 Å². The quantitative estimate of drug-likeness (QED) is 0.188. The SMILES string of the molecule is [Cl-].[Cl-].[Hf+4].c1ccc([Si]c2ccccc2)cc1.c1ccc2c(c1)[cH-]c1ccccc12.c1ccc2c(c1)[cH-]c1ccccc12. The summed E-state index contributed by atoms with van der Waals surface area (Å²) < 4.78 is 0. The largest absolute Gasteiger partial charge is 4.00 e. The van der Waals surface area contributed by atoms with Gasteiger partial charge in [0.05, 0.1) is 0 Å². The number of hydrogen-bond acceptors (Lipinski definition) is 0. The molecule has 8 aromatic carbocycles. The van der Waals surface area contributed by atoms with Crippen molar-refractivity contribution in [3.63, 3.8) is 0 Å². The van der Waals surface area contributed by atoms with E-state index in [0.717, 1.165) is 9.52 Å². The van der Waals surface area contributed by atoms with Gasteiger partial charge >= 0.3 is 25.8 Å². The summed E-state index contributed by atoms with van der Waals surface area (Å²) in [7, 11) is 0.777. The topological polar surface area (TPSA) is 0 Å². The molecule has 0 N–H and O–H groups in total. The summed E-state index contributed by atoms with van der Waals surface area (Å²) in [6, 6.07) is 59.7. The van der Waals surface area contributed by atoms with Gasteiger partial charge in [0.15, 0.2) is 0 Å². The van der Waals surface area contributed by atoms with Crippen LogP contribution in [0.3, 0.4) is 0 Å². The van der Waals surface area contributed by atoms with Gasteiger partial charge in [-0.3, -0.25) is 0 Å². The standard InChI is InChI=1S/2C13H9.C12H10Si.2ClH.Hf/c2*1-3-7-12-10(5-1)9-11-6-2-4-8-13(11)12;1-3-7-11(8-4-1)13-12-9-5-2-6-10-12;;;/h2*1-9H;1-10H;2*1H;/q2*-1;;;;+4/p-2. The van der Waals surface area contributed by atoms with E-state index in [1.165, 1.54) is 53.5 Å². The molecule has 2 radical (unpaired) electrons. The molecule has 202 valence electrons. The maximum Gasteiger partial charge on any atom is 4.00 e. The molecule has 4 heteroatoms. The molecule has 8 rings (SSSR count). The van der Waals surface area contributed by atoms with Crippen LogP contribution in [-0.2, 0) is 25.8 Å². The summed E-state index contributed by atoms with van der Waals surface area (Å²) in [6.45, 7) is 0. The molecule has 0 amide bonds. The fourth-order valence-electron chi connectivity index (χ4n) is 5.02. The first-order chi connectivity index (χ1) is 19.3. The first kappa shape index (κ1) is 33.2. The summed E-state index contributed by atoms with van der Waals surface area (Å²) in [5, 5.41) is 13.6. The smallest absolute Gasteiger partial charge is 1.00 e. The summed E-state index contributed by atoms with van der Waals surface area (Å²) >= 11 is 0. The van der Waals surface area contributed by atoms with Gasteiger partial charge in [-0.2, -0.15) is 0 Å². The molecular weight excluding hydrogens is 734 g/mol. The van der Waals surface area contributed by atoms with E-state index in [0.29, 0.717) is 0 Å². The van der Waals surface area contributed by atoms with Gasteiger partial charge in [0, 0.05) is 0 Å². The molecule has 0 bridgehead atoms. The molecule has 0 fully saturated rings. The minimum absolute atomic E-state index is 0. The van der Waals surface area contributed by atoms with Crippen LogP contribution in [0.15, 0.2) is 170 Å². The second-order valence-corrected chi connectivity index (χ2v) is 10.9. The first-order valence-electron chi connectivity index (χ1n) is 13.3. The Labute approximate surface area is 281 Å². The third kappa shape index (κ3) is 7.96. The Morgan fingerprint density at radius 1 is 0.310 bits per heavy atom. The number of benzene rings is 6. The molecular formula is C38H28Cl2HfSi. The van der Waals surface area contributed by atoms with Crippen LogP contribution in [0.4, 0.5) is 0 Å². The average molecular weight is 762 g/mol. The van der Waals surface area contributed by atoms with E-state index in [1.807, 2.05) is 0 Å². The van der Waals surface area contributed by atoms with Gasteiger partial charge < -0.3 is 24.8 Å². The van der Waals surface area contributed by atoms with E-state index in [2.05, 4.69) is 170 Å². The van der Waals surface area contributed by atoms with Crippen molar-refractivity contribution in [2.75, 3.05) is 0 Å². The van der Waals surface area contributed by atoms with Crippen molar-refractivity contribution >= 4 is 63.0 Å². The third-order valence-electron chi connectivity index (χ3n) is 6.88. The van der Waals surface area contributed by atoms with E-state index in [4.69, 9.17) is 0 Å². The van der Waals surface area contributed by atoms with E-state index >= 15 is 0 Å². The molecule has 0 aliphatic rings. The zero-order valence-electron chi connectivity index (χ0n) is 22.9. The molecule has 0 unspecified atom stereocenters. The predicted molar refractivity (Wildman–Crippen MR) is 172 cm³/mol. The number of rotatable bonds is 2. The Morgan fingerprint density at radius 2 is 0.548 bits per heavy atom. The Bertz CT molecular complexity index is 1700. The molecule has 0 aliphatic heterocycles. The van der Waals surface area contributed by atoms with Gasteiger partial charge in [0.1, 0.15) is 9.52 Å². The van der Waals surface area contributed by atoms with Gasteiger partial charge in [-0.05, 0) is 0 Å². The van der Waals surface area contributed by atoms with Crippen LogP contribution in [-0.4, -0.2) is 9.52 Å². The number of hydrogen-bond donors (Lipinski definition) is 0. The minimum Gasteiger partial charge on any atom is -1.00 e. The summed E-state index contributed by atoms with van der Waals surface area (Å²) in [4.78, 5) is 0. The van der Waals surface area contributed by atoms with Crippen LogP contribution in [0.25, 0.3) is 43.1 Å². The fourth-order valence-corrected chi connectivity index (χ4v) is 6.07. The molecule has 0 heterocycles. The Balaban J connectivity index is 0.000000167. The van der Waals surface area contributed by atoms with Crippen LogP contribution < -0.4 is 35.2 Å². The zero-order chi connectivity index (χ0) is 26.3. The molecule has 8 aromatic rings. The average Bonchev–Trinajstić information content (AvgIpc) is 3.58. The molecule has 0 spiro atoms. The number of fused-ring (bicyclic) bond motifs is 6. The van der Waals surface area contributed by atoms with Gasteiger partial charge in [-0.15, -0.1) is 79.5 Å². The van der Waals surface area contributed by atoms with Crippen molar-refractivity contribution in [1.82, 2.24) is 0 Å². The van der Waals surface area contributed by atoms with E-state index in [9.17, 15) is 0 Å².